The molecule has 1 N–H and O–H groups in total. The number of anilines is 1. The minimum atomic E-state index is 0.0300. The third-order valence-electron chi connectivity index (χ3n) is 4.48. The molecule has 3 aromatic rings. The van der Waals surface area contributed by atoms with Gasteiger partial charge in [-0.3, -0.25) is 4.79 Å². The molecule has 1 heterocycles. The smallest absolute Gasteiger partial charge is 0.225 e. The van der Waals surface area contributed by atoms with Crippen LogP contribution < -0.4 is 5.32 Å². The fourth-order valence-corrected chi connectivity index (χ4v) is 3.51. The zero-order valence-corrected chi connectivity index (χ0v) is 13.8. The topological polar surface area (TPSA) is 29.1 Å². The largest absolute Gasteiger partial charge is 0.326 e. The van der Waals surface area contributed by atoms with E-state index in [2.05, 4.69) is 23.5 Å². The molecule has 0 fully saturated rings. The number of halogens is 1. The van der Waals surface area contributed by atoms with Gasteiger partial charge in [0.15, 0.2) is 0 Å². The molecule has 3 heteroatoms. The van der Waals surface area contributed by atoms with Crippen LogP contribution >= 0.6 is 11.6 Å². The van der Waals surface area contributed by atoms with Crippen LogP contribution in [0.25, 0.3) is 11.1 Å². The van der Waals surface area contributed by atoms with Gasteiger partial charge in [0.2, 0.25) is 5.91 Å². The van der Waals surface area contributed by atoms with E-state index in [1.165, 1.54) is 5.56 Å². The molecule has 0 aliphatic carbocycles. The van der Waals surface area contributed by atoms with Crippen molar-refractivity contribution in [1.82, 2.24) is 0 Å². The highest BCUT2D eigenvalue weighted by Gasteiger charge is 2.29. The summed E-state index contributed by atoms with van der Waals surface area (Å²) >= 11 is 6.03. The summed E-state index contributed by atoms with van der Waals surface area (Å²) in [6.07, 6.45) is 0.443. The average molecular weight is 334 g/mol. The molecule has 0 spiro atoms. The van der Waals surface area contributed by atoms with Crippen LogP contribution in [0.15, 0.2) is 72.8 Å². The average Bonchev–Trinajstić information content (AvgIpc) is 2.62. The summed E-state index contributed by atoms with van der Waals surface area (Å²) in [4.78, 5) is 12.2. The van der Waals surface area contributed by atoms with E-state index in [0.29, 0.717) is 11.4 Å². The van der Waals surface area contributed by atoms with E-state index in [1.54, 1.807) is 0 Å². The van der Waals surface area contributed by atoms with E-state index in [0.717, 1.165) is 22.4 Å². The Kier molecular flexibility index (Phi) is 3.83. The molecular weight excluding hydrogens is 318 g/mol. The van der Waals surface area contributed by atoms with Crippen LogP contribution in [0, 0.1) is 0 Å². The lowest BCUT2D eigenvalue weighted by Gasteiger charge is -2.28. The number of carbonyl (C=O) groups is 1. The Morgan fingerprint density at radius 1 is 0.875 bits per heavy atom. The van der Waals surface area contributed by atoms with Gasteiger partial charge < -0.3 is 5.32 Å². The van der Waals surface area contributed by atoms with Crippen molar-refractivity contribution in [1.29, 1.82) is 0 Å². The van der Waals surface area contributed by atoms with Gasteiger partial charge in [0, 0.05) is 23.0 Å². The van der Waals surface area contributed by atoms with E-state index < -0.39 is 0 Å². The molecule has 0 bridgehead atoms. The molecule has 3 aromatic carbocycles. The standard InChI is InChI=1S/C21H16ClNO/c22-16-11-9-15(10-12-16)18-13-20(24)23-19-8-4-7-17(21(18)19)14-5-2-1-3-6-14/h1-12,18H,13H2,(H,23,24). The second kappa shape index (κ2) is 6.14. The van der Waals surface area contributed by atoms with E-state index in [9.17, 15) is 4.79 Å². The number of rotatable bonds is 2. The molecule has 0 radical (unpaired) electrons. The highest BCUT2D eigenvalue weighted by Crippen LogP contribution is 2.43. The second-order valence-electron chi connectivity index (χ2n) is 5.99. The number of hydrogen-bond donors (Lipinski definition) is 1. The number of hydrogen-bond acceptors (Lipinski definition) is 1. The van der Waals surface area contributed by atoms with E-state index in [-0.39, 0.29) is 11.8 Å². The lowest BCUT2D eigenvalue weighted by molar-refractivity contribution is -0.116. The van der Waals surface area contributed by atoms with Crippen LogP contribution in [0.2, 0.25) is 5.02 Å². The van der Waals surface area contributed by atoms with Crippen molar-refractivity contribution in [2.45, 2.75) is 12.3 Å². The van der Waals surface area contributed by atoms with E-state index in [4.69, 9.17) is 11.6 Å². The Balaban J connectivity index is 1.91. The van der Waals surface area contributed by atoms with Gasteiger partial charge in [-0.25, -0.2) is 0 Å². The number of nitrogens with one attached hydrogen (secondary N) is 1. The maximum absolute atomic E-state index is 12.2. The molecule has 1 amide bonds. The molecule has 1 atom stereocenters. The molecule has 1 aliphatic heterocycles. The van der Waals surface area contributed by atoms with Gasteiger partial charge in [0.25, 0.3) is 0 Å². The van der Waals surface area contributed by atoms with Crippen molar-refractivity contribution in [2.75, 3.05) is 5.32 Å². The first-order valence-corrected chi connectivity index (χ1v) is 8.34. The van der Waals surface area contributed by atoms with Crippen LogP contribution in [-0.2, 0) is 4.79 Å². The minimum absolute atomic E-state index is 0.0300. The first kappa shape index (κ1) is 15.0. The summed E-state index contributed by atoms with van der Waals surface area (Å²) in [5.74, 6) is 0.0788. The molecule has 0 saturated heterocycles. The zero-order chi connectivity index (χ0) is 16.5. The van der Waals surface area contributed by atoms with Crippen LogP contribution in [-0.4, -0.2) is 5.91 Å². The molecule has 118 valence electrons. The third kappa shape index (κ3) is 2.70. The van der Waals surface area contributed by atoms with Gasteiger partial charge in [-0.15, -0.1) is 0 Å². The molecular formula is C21H16ClNO. The van der Waals surface area contributed by atoms with Crippen molar-refractivity contribution in [3.05, 3.63) is 88.9 Å². The fourth-order valence-electron chi connectivity index (χ4n) is 3.39. The Hall–Kier alpha value is -2.58. The number of amides is 1. The Morgan fingerprint density at radius 3 is 2.38 bits per heavy atom. The van der Waals surface area contributed by atoms with E-state index >= 15 is 0 Å². The predicted molar refractivity (Wildman–Crippen MR) is 98.4 cm³/mol. The first-order chi connectivity index (χ1) is 11.7. The second-order valence-corrected chi connectivity index (χ2v) is 6.43. The minimum Gasteiger partial charge on any atom is -0.326 e. The molecule has 1 aliphatic rings. The highest BCUT2D eigenvalue weighted by atomic mass is 35.5. The summed E-state index contributed by atoms with van der Waals surface area (Å²) in [5, 5.41) is 3.72. The van der Waals surface area contributed by atoms with Crippen molar-refractivity contribution < 1.29 is 4.79 Å². The van der Waals surface area contributed by atoms with Crippen LogP contribution in [0.1, 0.15) is 23.5 Å². The van der Waals surface area contributed by atoms with Crippen molar-refractivity contribution in [2.24, 2.45) is 0 Å². The maximum Gasteiger partial charge on any atom is 0.225 e. The van der Waals surface area contributed by atoms with Gasteiger partial charge >= 0.3 is 0 Å². The van der Waals surface area contributed by atoms with Crippen molar-refractivity contribution >= 4 is 23.2 Å². The summed E-state index contributed by atoms with van der Waals surface area (Å²) in [6.45, 7) is 0. The molecule has 2 nitrogen and oxygen atoms in total. The van der Waals surface area contributed by atoms with Crippen LogP contribution in [0.5, 0.6) is 0 Å². The first-order valence-electron chi connectivity index (χ1n) is 7.96. The third-order valence-corrected chi connectivity index (χ3v) is 4.73. The number of carbonyl (C=O) groups excluding carboxylic acids is 1. The number of benzene rings is 3. The molecule has 0 aromatic heterocycles. The number of fused-ring (bicyclic) bond motifs is 1. The summed E-state index contributed by atoms with van der Waals surface area (Å²) in [6, 6.07) is 24.2. The van der Waals surface area contributed by atoms with Gasteiger partial charge in [-0.2, -0.15) is 0 Å². The lowest BCUT2D eigenvalue weighted by atomic mass is 9.80. The van der Waals surface area contributed by atoms with Gasteiger partial charge in [-0.1, -0.05) is 66.2 Å². The van der Waals surface area contributed by atoms with Crippen molar-refractivity contribution in [3.63, 3.8) is 0 Å². The van der Waals surface area contributed by atoms with E-state index in [1.807, 2.05) is 54.6 Å². The molecule has 1 unspecified atom stereocenters. The molecule has 0 saturated carbocycles. The summed E-state index contributed by atoms with van der Waals surface area (Å²) in [7, 11) is 0. The maximum atomic E-state index is 12.2. The fraction of sp³-hybridized carbons (Fsp3) is 0.0952. The lowest BCUT2D eigenvalue weighted by Crippen LogP contribution is -2.24. The molecule has 4 rings (SSSR count). The normalized spacial score (nSPS) is 16.4. The van der Waals surface area contributed by atoms with Gasteiger partial charge in [0.05, 0.1) is 0 Å². The quantitative estimate of drug-likeness (QED) is 0.661. The van der Waals surface area contributed by atoms with Crippen molar-refractivity contribution in [3.8, 4) is 11.1 Å². The zero-order valence-electron chi connectivity index (χ0n) is 13.0. The highest BCUT2D eigenvalue weighted by molar-refractivity contribution is 6.30. The van der Waals surface area contributed by atoms with Crippen LogP contribution in [0.4, 0.5) is 5.69 Å². The Labute approximate surface area is 146 Å². The summed E-state index contributed by atoms with van der Waals surface area (Å²) in [5.41, 5.74) is 5.49. The van der Waals surface area contributed by atoms with Gasteiger partial charge in [0.1, 0.15) is 0 Å². The SMILES string of the molecule is O=C1CC(c2ccc(Cl)cc2)c2c(cccc2-c2ccccc2)N1. The Morgan fingerprint density at radius 2 is 1.62 bits per heavy atom. The predicted octanol–water partition coefficient (Wildman–Crippen LogP) is 5.48. The Bertz CT molecular complexity index is 887. The monoisotopic (exact) mass is 333 g/mol. The molecule has 24 heavy (non-hydrogen) atoms. The van der Waals surface area contributed by atoms with Crippen LogP contribution in [0.3, 0.4) is 0 Å². The van der Waals surface area contributed by atoms with Gasteiger partial charge in [-0.05, 0) is 40.5 Å². The summed E-state index contributed by atoms with van der Waals surface area (Å²) < 4.78 is 0.